The molecule has 2 heterocycles. The fourth-order valence-electron chi connectivity index (χ4n) is 2.94. The van der Waals surface area contributed by atoms with Gasteiger partial charge in [-0.1, -0.05) is 41.4 Å². The molecule has 158 valence electrons. The lowest BCUT2D eigenvalue weighted by Crippen LogP contribution is -2.14. The van der Waals surface area contributed by atoms with E-state index in [-0.39, 0.29) is 18.3 Å². The number of nitrogens with one attached hydrogen (secondary N) is 1. The molecule has 0 aliphatic heterocycles. The average molecular weight is 456 g/mol. The van der Waals surface area contributed by atoms with Gasteiger partial charge in [-0.05, 0) is 48.4 Å². The summed E-state index contributed by atoms with van der Waals surface area (Å²) in [6.45, 7) is 2.63. The van der Waals surface area contributed by atoms with Crippen LogP contribution < -0.4 is 10.1 Å². The third kappa shape index (κ3) is 5.45. The molecular weight excluding hydrogens is 437 g/mol. The number of hydrogen-bond donors (Lipinski definition) is 1. The Hall–Kier alpha value is -3.29. The smallest absolute Gasteiger partial charge is 0.276 e. The van der Waals surface area contributed by atoms with Gasteiger partial charge in [-0.2, -0.15) is 10.2 Å². The number of rotatable bonds is 7. The van der Waals surface area contributed by atoms with Gasteiger partial charge in [0.1, 0.15) is 5.75 Å². The summed E-state index contributed by atoms with van der Waals surface area (Å²) >= 11 is 12.2. The van der Waals surface area contributed by atoms with Crippen LogP contribution in [0.15, 0.2) is 67.1 Å². The maximum Gasteiger partial charge on any atom is 0.276 e. The van der Waals surface area contributed by atoms with Gasteiger partial charge < -0.3 is 10.1 Å². The minimum absolute atomic E-state index is 0.133. The lowest BCUT2D eigenvalue weighted by molar-refractivity contribution is 0.102. The van der Waals surface area contributed by atoms with Crippen LogP contribution in [0.4, 0.5) is 5.69 Å². The summed E-state index contributed by atoms with van der Waals surface area (Å²) in [4.78, 5) is 12.5. The van der Waals surface area contributed by atoms with Crippen LogP contribution >= 0.6 is 23.2 Å². The summed E-state index contributed by atoms with van der Waals surface area (Å²) in [6.07, 6.45) is 5.00. The summed E-state index contributed by atoms with van der Waals surface area (Å²) in [6, 6.07) is 14.7. The summed E-state index contributed by atoms with van der Waals surface area (Å²) in [5.74, 6) is 0.227. The number of carbonyl (C=O) groups is 1. The Balaban J connectivity index is 1.35. The highest BCUT2D eigenvalue weighted by Gasteiger charge is 2.12. The maximum atomic E-state index is 12.5. The maximum absolute atomic E-state index is 12.5. The molecule has 0 unspecified atom stereocenters. The number of hydrogen-bond acceptors (Lipinski definition) is 4. The SMILES string of the molecule is Cc1ccc(Cl)c(OCn2ccc(C(=O)Nc3cnn(Cc4cccc(Cl)c4)c3)n2)c1. The molecule has 31 heavy (non-hydrogen) atoms. The van der Waals surface area contributed by atoms with E-state index in [0.29, 0.717) is 28.0 Å². The summed E-state index contributed by atoms with van der Waals surface area (Å²) < 4.78 is 8.94. The van der Waals surface area contributed by atoms with Gasteiger partial charge in [0.2, 0.25) is 0 Å². The van der Waals surface area contributed by atoms with Crippen molar-refractivity contribution in [3.63, 3.8) is 0 Å². The number of anilines is 1. The summed E-state index contributed by atoms with van der Waals surface area (Å²) in [5, 5.41) is 12.5. The number of nitrogens with zero attached hydrogens (tertiary/aromatic N) is 4. The number of halogens is 2. The molecule has 1 N–H and O–H groups in total. The second-order valence-corrected chi connectivity index (χ2v) is 7.80. The molecule has 0 fully saturated rings. The lowest BCUT2D eigenvalue weighted by Gasteiger charge is -2.08. The molecule has 4 aromatic rings. The number of aromatic nitrogens is 4. The molecule has 0 aliphatic rings. The normalized spacial score (nSPS) is 10.8. The van der Waals surface area contributed by atoms with E-state index in [9.17, 15) is 4.79 Å². The van der Waals surface area contributed by atoms with Crippen molar-refractivity contribution in [1.82, 2.24) is 19.6 Å². The zero-order chi connectivity index (χ0) is 21.8. The quantitative estimate of drug-likeness (QED) is 0.423. The Morgan fingerprint density at radius 3 is 2.84 bits per heavy atom. The lowest BCUT2D eigenvalue weighted by atomic mass is 10.2. The summed E-state index contributed by atoms with van der Waals surface area (Å²) in [5.41, 5.74) is 2.89. The predicted octanol–water partition coefficient (Wildman–Crippen LogP) is 5.03. The van der Waals surface area contributed by atoms with Gasteiger partial charge in [0.05, 0.1) is 23.5 Å². The fraction of sp³-hybridized carbons (Fsp3) is 0.136. The van der Waals surface area contributed by atoms with Gasteiger partial charge in [-0.15, -0.1) is 0 Å². The molecule has 0 radical (unpaired) electrons. The first-order chi connectivity index (χ1) is 15.0. The van der Waals surface area contributed by atoms with E-state index in [1.807, 2.05) is 43.3 Å². The number of ether oxygens (including phenoxy) is 1. The van der Waals surface area contributed by atoms with Gasteiger partial charge in [0.25, 0.3) is 5.91 Å². The van der Waals surface area contributed by atoms with Gasteiger partial charge in [-0.3, -0.25) is 9.48 Å². The van der Waals surface area contributed by atoms with Crippen molar-refractivity contribution in [3.8, 4) is 5.75 Å². The monoisotopic (exact) mass is 455 g/mol. The van der Waals surface area contributed by atoms with E-state index >= 15 is 0 Å². The van der Waals surface area contributed by atoms with Crippen molar-refractivity contribution in [2.75, 3.05) is 5.32 Å². The van der Waals surface area contributed by atoms with Gasteiger partial charge in [0.15, 0.2) is 12.4 Å². The van der Waals surface area contributed by atoms with Crippen molar-refractivity contribution >= 4 is 34.8 Å². The fourth-order valence-corrected chi connectivity index (χ4v) is 3.33. The van der Waals surface area contributed by atoms with Gasteiger partial charge >= 0.3 is 0 Å². The first kappa shape index (κ1) is 21.0. The molecule has 1 amide bonds. The summed E-state index contributed by atoms with van der Waals surface area (Å²) in [7, 11) is 0. The van der Waals surface area contributed by atoms with E-state index in [1.54, 1.807) is 35.4 Å². The first-order valence-corrected chi connectivity index (χ1v) is 10.2. The molecule has 0 spiro atoms. The molecule has 4 rings (SSSR count). The van der Waals surface area contributed by atoms with Crippen molar-refractivity contribution in [3.05, 3.63) is 94.0 Å². The van der Waals surface area contributed by atoms with E-state index in [4.69, 9.17) is 27.9 Å². The van der Waals surface area contributed by atoms with E-state index in [2.05, 4.69) is 15.5 Å². The Bertz CT molecular complexity index is 1220. The largest absolute Gasteiger partial charge is 0.470 e. The molecule has 0 atom stereocenters. The van der Waals surface area contributed by atoms with Crippen LogP contribution in [0.1, 0.15) is 21.6 Å². The molecule has 0 aliphatic carbocycles. The van der Waals surface area contributed by atoms with Gasteiger partial charge in [-0.25, -0.2) is 4.68 Å². The van der Waals surface area contributed by atoms with Crippen molar-refractivity contribution in [1.29, 1.82) is 0 Å². The zero-order valence-corrected chi connectivity index (χ0v) is 18.1. The highest BCUT2D eigenvalue weighted by molar-refractivity contribution is 6.32. The number of aryl methyl sites for hydroxylation is 1. The van der Waals surface area contributed by atoms with Crippen LogP contribution in [0.2, 0.25) is 10.0 Å². The van der Waals surface area contributed by atoms with Crippen LogP contribution in [0.25, 0.3) is 0 Å². The highest BCUT2D eigenvalue weighted by atomic mass is 35.5. The van der Waals surface area contributed by atoms with Crippen LogP contribution in [-0.4, -0.2) is 25.5 Å². The third-order valence-corrected chi connectivity index (χ3v) is 4.98. The third-order valence-electron chi connectivity index (χ3n) is 4.44. The molecule has 7 nitrogen and oxygen atoms in total. The Morgan fingerprint density at radius 2 is 2.00 bits per heavy atom. The Kier molecular flexibility index (Phi) is 6.25. The molecule has 0 saturated heterocycles. The Labute approximate surface area is 189 Å². The minimum atomic E-state index is -0.338. The molecule has 0 bridgehead atoms. The van der Waals surface area contributed by atoms with Crippen LogP contribution in [0, 0.1) is 6.92 Å². The van der Waals surface area contributed by atoms with Gasteiger partial charge in [0, 0.05) is 17.4 Å². The van der Waals surface area contributed by atoms with E-state index < -0.39 is 0 Å². The first-order valence-electron chi connectivity index (χ1n) is 9.47. The number of amides is 1. The van der Waals surface area contributed by atoms with Crippen molar-refractivity contribution in [2.24, 2.45) is 0 Å². The van der Waals surface area contributed by atoms with Crippen LogP contribution in [0.5, 0.6) is 5.75 Å². The van der Waals surface area contributed by atoms with E-state index in [0.717, 1.165) is 11.1 Å². The van der Waals surface area contributed by atoms with Crippen LogP contribution in [-0.2, 0) is 13.3 Å². The van der Waals surface area contributed by atoms with Crippen molar-refractivity contribution < 1.29 is 9.53 Å². The molecule has 9 heteroatoms. The second-order valence-electron chi connectivity index (χ2n) is 6.96. The second kappa shape index (κ2) is 9.24. The molecule has 2 aromatic heterocycles. The standard InChI is InChI=1S/C22H19Cl2N5O2/c1-15-5-6-19(24)21(9-15)31-14-28-8-7-20(27-28)22(30)26-18-11-25-29(13-18)12-16-3-2-4-17(23)10-16/h2-11,13H,12,14H2,1H3,(H,26,30). The average Bonchev–Trinajstić information content (AvgIpc) is 3.38. The topological polar surface area (TPSA) is 74.0 Å². The molecular formula is C22H19Cl2N5O2. The Morgan fingerprint density at radius 1 is 1.13 bits per heavy atom. The molecule has 0 saturated carbocycles. The molecule has 2 aromatic carbocycles. The number of benzene rings is 2. The predicted molar refractivity (Wildman–Crippen MR) is 120 cm³/mol. The zero-order valence-electron chi connectivity index (χ0n) is 16.6. The van der Waals surface area contributed by atoms with Crippen LogP contribution in [0.3, 0.4) is 0 Å². The number of carbonyl (C=O) groups excluding carboxylic acids is 1. The van der Waals surface area contributed by atoms with E-state index in [1.165, 1.54) is 4.68 Å². The highest BCUT2D eigenvalue weighted by Crippen LogP contribution is 2.25. The van der Waals surface area contributed by atoms with Crippen molar-refractivity contribution in [2.45, 2.75) is 20.2 Å². The minimum Gasteiger partial charge on any atom is -0.470 e.